The van der Waals surface area contributed by atoms with E-state index in [1.165, 1.54) is 11.8 Å². The zero-order valence-electron chi connectivity index (χ0n) is 12.1. The number of carbonyl (C=O) groups is 1. The second-order valence-corrected chi connectivity index (χ2v) is 5.82. The summed E-state index contributed by atoms with van der Waals surface area (Å²) in [6, 6.07) is 13.5. The van der Waals surface area contributed by atoms with Crippen molar-refractivity contribution in [2.24, 2.45) is 0 Å². The Morgan fingerprint density at radius 3 is 2.68 bits per heavy atom. The van der Waals surface area contributed by atoms with Gasteiger partial charge < -0.3 is 4.42 Å². The third-order valence-electron chi connectivity index (χ3n) is 3.07. The van der Waals surface area contributed by atoms with Crippen molar-refractivity contribution < 1.29 is 9.21 Å². The number of rotatable bonds is 6. The van der Waals surface area contributed by atoms with E-state index in [4.69, 9.17) is 4.42 Å². The molecule has 1 aromatic carbocycles. The van der Waals surface area contributed by atoms with Gasteiger partial charge in [0, 0.05) is 17.9 Å². The first-order valence-corrected chi connectivity index (χ1v) is 7.91. The lowest BCUT2D eigenvalue weighted by Gasteiger charge is -2.08. The molecule has 3 aromatic rings. The molecule has 0 fully saturated rings. The molecule has 2 heterocycles. The number of hydrogen-bond donors (Lipinski definition) is 0. The summed E-state index contributed by atoms with van der Waals surface area (Å²) in [5, 5.41) is 9.25. The summed E-state index contributed by atoms with van der Waals surface area (Å²) in [6.45, 7) is 1.59. The number of thioether (sulfide) groups is 1. The summed E-state index contributed by atoms with van der Waals surface area (Å²) >= 11 is 1.52. The molecule has 22 heavy (non-hydrogen) atoms. The average molecular weight is 313 g/mol. The van der Waals surface area contributed by atoms with Crippen molar-refractivity contribution in [3.8, 4) is 17.3 Å². The van der Waals surface area contributed by atoms with Crippen LogP contribution < -0.4 is 0 Å². The fourth-order valence-electron chi connectivity index (χ4n) is 2.02. The Morgan fingerprint density at radius 1 is 1.18 bits per heavy atom. The molecule has 2 aromatic heterocycles. The monoisotopic (exact) mass is 313 g/mol. The first-order valence-electron chi connectivity index (χ1n) is 6.92. The molecule has 0 saturated heterocycles. The largest absolute Gasteiger partial charge is 0.461 e. The maximum absolute atomic E-state index is 11.1. The number of para-hydroxylation sites is 1. The normalized spacial score (nSPS) is 10.8. The Bertz CT molecular complexity index is 751. The van der Waals surface area contributed by atoms with Crippen LogP contribution in [0, 0.1) is 0 Å². The lowest BCUT2D eigenvalue weighted by Crippen LogP contribution is -2.00. The van der Waals surface area contributed by atoms with Crippen LogP contribution in [-0.2, 0) is 4.79 Å². The van der Waals surface area contributed by atoms with Gasteiger partial charge in [-0.3, -0.25) is 9.36 Å². The van der Waals surface area contributed by atoms with Gasteiger partial charge >= 0.3 is 0 Å². The third-order valence-corrected chi connectivity index (χ3v) is 4.01. The molecule has 0 unspecified atom stereocenters. The minimum Gasteiger partial charge on any atom is -0.461 e. The highest BCUT2D eigenvalue weighted by Crippen LogP contribution is 2.28. The Balaban J connectivity index is 1.98. The lowest BCUT2D eigenvalue weighted by atomic mass is 10.3. The molecule has 0 aliphatic rings. The molecule has 0 aliphatic heterocycles. The number of ketones is 1. The summed E-state index contributed by atoms with van der Waals surface area (Å²) in [6.07, 6.45) is 2.13. The van der Waals surface area contributed by atoms with Crippen LogP contribution in [0.1, 0.15) is 13.3 Å². The molecule has 0 bridgehead atoms. The number of Topliss-reactive ketones (excluding diaryl/α,β-unsaturated/α-hetero) is 1. The van der Waals surface area contributed by atoms with Crippen LogP contribution in [-0.4, -0.2) is 26.3 Å². The van der Waals surface area contributed by atoms with Crippen molar-refractivity contribution >= 4 is 17.5 Å². The van der Waals surface area contributed by atoms with Crippen LogP contribution >= 0.6 is 11.8 Å². The Hall–Kier alpha value is -2.34. The fraction of sp³-hybridized carbons (Fsp3) is 0.188. The van der Waals surface area contributed by atoms with Gasteiger partial charge in [-0.25, -0.2) is 0 Å². The standard InChI is InChI=1S/C16H15N3O2S/c1-12(20)9-11-22-16-18-17-15(14-8-5-10-21-14)19(16)13-6-3-2-4-7-13/h2-8,10H,9,11H2,1H3. The maximum Gasteiger partial charge on any atom is 0.205 e. The van der Waals surface area contributed by atoms with Crippen molar-refractivity contribution in [2.75, 3.05) is 5.75 Å². The summed E-state index contributed by atoms with van der Waals surface area (Å²) < 4.78 is 7.40. The zero-order chi connectivity index (χ0) is 15.4. The van der Waals surface area contributed by atoms with Gasteiger partial charge in [-0.15, -0.1) is 10.2 Å². The van der Waals surface area contributed by atoms with Crippen LogP contribution in [0.2, 0.25) is 0 Å². The van der Waals surface area contributed by atoms with Crippen molar-refractivity contribution in [1.82, 2.24) is 14.8 Å². The van der Waals surface area contributed by atoms with Crippen molar-refractivity contribution in [3.63, 3.8) is 0 Å². The first kappa shape index (κ1) is 14.6. The second-order valence-electron chi connectivity index (χ2n) is 4.75. The van der Waals surface area contributed by atoms with E-state index >= 15 is 0 Å². The number of aromatic nitrogens is 3. The SMILES string of the molecule is CC(=O)CCSc1nnc(-c2ccco2)n1-c1ccccc1. The Morgan fingerprint density at radius 2 is 2.00 bits per heavy atom. The van der Waals surface area contributed by atoms with Crippen LogP contribution in [0.25, 0.3) is 17.3 Å². The van der Waals surface area contributed by atoms with E-state index in [9.17, 15) is 4.79 Å². The Kier molecular flexibility index (Phi) is 4.39. The quantitative estimate of drug-likeness (QED) is 0.651. The van der Waals surface area contributed by atoms with Gasteiger partial charge in [0.15, 0.2) is 10.9 Å². The van der Waals surface area contributed by atoms with E-state index in [1.807, 2.05) is 47.0 Å². The van der Waals surface area contributed by atoms with Gasteiger partial charge in [0.05, 0.1) is 6.26 Å². The molecule has 0 amide bonds. The molecule has 0 atom stereocenters. The van der Waals surface area contributed by atoms with Gasteiger partial charge in [-0.1, -0.05) is 30.0 Å². The van der Waals surface area contributed by atoms with E-state index in [0.29, 0.717) is 23.8 Å². The van der Waals surface area contributed by atoms with Gasteiger partial charge in [0.1, 0.15) is 5.78 Å². The molecule has 6 heteroatoms. The van der Waals surface area contributed by atoms with Crippen molar-refractivity contribution in [2.45, 2.75) is 18.5 Å². The van der Waals surface area contributed by atoms with E-state index in [-0.39, 0.29) is 5.78 Å². The number of carbonyl (C=O) groups excluding carboxylic acids is 1. The maximum atomic E-state index is 11.1. The van der Waals surface area contributed by atoms with Gasteiger partial charge in [0.25, 0.3) is 0 Å². The third kappa shape index (κ3) is 3.12. The van der Waals surface area contributed by atoms with E-state index in [2.05, 4.69) is 10.2 Å². The summed E-state index contributed by atoms with van der Waals surface area (Å²) in [5.74, 6) is 2.17. The van der Waals surface area contributed by atoms with Crippen LogP contribution in [0.4, 0.5) is 0 Å². The molecule has 0 radical (unpaired) electrons. The van der Waals surface area contributed by atoms with Crippen molar-refractivity contribution in [3.05, 3.63) is 48.7 Å². The number of benzene rings is 1. The van der Waals surface area contributed by atoms with E-state index in [0.717, 1.165) is 10.8 Å². The topological polar surface area (TPSA) is 60.9 Å². The van der Waals surface area contributed by atoms with Crippen LogP contribution in [0.15, 0.2) is 58.3 Å². The predicted molar refractivity (Wildman–Crippen MR) is 85.1 cm³/mol. The van der Waals surface area contributed by atoms with Gasteiger partial charge in [-0.2, -0.15) is 0 Å². The molecule has 0 spiro atoms. The number of hydrogen-bond acceptors (Lipinski definition) is 5. The highest BCUT2D eigenvalue weighted by molar-refractivity contribution is 7.99. The van der Waals surface area contributed by atoms with Gasteiger partial charge in [0.2, 0.25) is 5.82 Å². The minimum absolute atomic E-state index is 0.171. The van der Waals surface area contributed by atoms with E-state index in [1.54, 1.807) is 13.2 Å². The molecule has 0 aliphatic carbocycles. The van der Waals surface area contributed by atoms with E-state index < -0.39 is 0 Å². The summed E-state index contributed by atoms with van der Waals surface area (Å²) in [4.78, 5) is 11.1. The molecule has 3 rings (SSSR count). The highest BCUT2D eigenvalue weighted by Gasteiger charge is 2.17. The van der Waals surface area contributed by atoms with Crippen LogP contribution in [0.5, 0.6) is 0 Å². The second kappa shape index (κ2) is 6.62. The minimum atomic E-state index is 0.171. The molecular weight excluding hydrogens is 298 g/mol. The molecule has 0 N–H and O–H groups in total. The fourth-order valence-corrected chi connectivity index (χ4v) is 3.02. The average Bonchev–Trinajstić information content (AvgIpc) is 3.16. The van der Waals surface area contributed by atoms with Crippen molar-refractivity contribution in [1.29, 1.82) is 0 Å². The zero-order valence-corrected chi connectivity index (χ0v) is 12.9. The molecule has 112 valence electrons. The lowest BCUT2D eigenvalue weighted by molar-refractivity contribution is -0.116. The molecule has 0 saturated carbocycles. The summed E-state index contributed by atoms with van der Waals surface area (Å²) in [5.41, 5.74) is 0.962. The number of furan rings is 1. The highest BCUT2D eigenvalue weighted by atomic mass is 32.2. The van der Waals surface area contributed by atoms with Crippen LogP contribution in [0.3, 0.4) is 0 Å². The smallest absolute Gasteiger partial charge is 0.205 e. The van der Waals surface area contributed by atoms with Gasteiger partial charge in [-0.05, 0) is 31.2 Å². The summed E-state index contributed by atoms with van der Waals surface area (Å²) in [7, 11) is 0. The first-order chi connectivity index (χ1) is 10.8. The molecular formula is C16H15N3O2S. The predicted octanol–water partition coefficient (Wildman–Crippen LogP) is 3.60. The molecule has 5 nitrogen and oxygen atoms in total. The number of nitrogens with zero attached hydrogens (tertiary/aromatic N) is 3. The Labute approximate surface area is 132 Å².